The highest BCUT2D eigenvalue weighted by atomic mass is 19.4. The minimum absolute atomic E-state index is 0.0178. The van der Waals surface area contributed by atoms with Crippen molar-refractivity contribution >= 4 is 11.6 Å². The molecular formula is C12H14F4N2O. The molecule has 3 N–H and O–H groups in total. The quantitative estimate of drug-likeness (QED) is 0.494. The lowest BCUT2D eigenvalue weighted by Gasteiger charge is -2.08. The number of nitrogens with one attached hydrogen (secondary N) is 1. The Morgan fingerprint density at radius 1 is 1.26 bits per heavy atom. The van der Waals surface area contributed by atoms with Crippen molar-refractivity contribution in [1.29, 1.82) is 0 Å². The minimum Gasteiger partial charge on any atom is -0.396 e. The summed E-state index contributed by atoms with van der Waals surface area (Å²) in [7, 11) is 0. The Bertz CT molecular complexity index is 446. The number of rotatable bonds is 5. The van der Waals surface area contributed by atoms with Gasteiger partial charge in [0.2, 0.25) is 0 Å². The molecule has 0 aromatic heterocycles. The van der Waals surface area contributed by atoms with Gasteiger partial charge >= 0.3 is 6.18 Å². The lowest BCUT2D eigenvalue weighted by atomic mass is 10.1. The summed E-state index contributed by atoms with van der Waals surface area (Å²) in [4.78, 5) is 11.6. The molecule has 1 rings (SSSR count). The Kier molecular flexibility index (Phi) is 5.14. The van der Waals surface area contributed by atoms with Crippen molar-refractivity contribution in [2.45, 2.75) is 25.4 Å². The molecule has 0 fully saturated rings. The predicted molar refractivity (Wildman–Crippen MR) is 63.1 cm³/mol. The molecule has 7 heteroatoms. The molecule has 0 unspecified atom stereocenters. The number of unbranched alkanes of at least 4 members (excludes halogenated alkanes) is 1. The van der Waals surface area contributed by atoms with Gasteiger partial charge in [0, 0.05) is 13.0 Å². The zero-order chi connectivity index (χ0) is 14.5. The van der Waals surface area contributed by atoms with Crippen LogP contribution in [0.25, 0.3) is 0 Å². The van der Waals surface area contributed by atoms with Crippen LogP contribution in [0.2, 0.25) is 0 Å². The van der Waals surface area contributed by atoms with Crippen molar-refractivity contribution in [3.05, 3.63) is 29.6 Å². The fourth-order valence-corrected chi connectivity index (χ4v) is 1.48. The lowest BCUT2D eigenvalue weighted by Crippen LogP contribution is -2.25. The monoisotopic (exact) mass is 278 g/mol. The Balaban J connectivity index is 2.38. The first-order valence-electron chi connectivity index (χ1n) is 5.70. The van der Waals surface area contributed by atoms with Gasteiger partial charge in [-0.05, 0) is 25.0 Å². The van der Waals surface area contributed by atoms with Crippen molar-refractivity contribution in [3.8, 4) is 0 Å². The number of nitrogens with two attached hydrogens (primary N) is 1. The van der Waals surface area contributed by atoms with E-state index in [2.05, 4.69) is 5.32 Å². The summed E-state index contributed by atoms with van der Waals surface area (Å²) in [5.41, 5.74) is 5.10. The third-order valence-electron chi connectivity index (χ3n) is 2.47. The molecule has 3 nitrogen and oxygen atoms in total. The molecule has 1 aromatic carbocycles. The largest absolute Gasteiger partial charge is 0.396 e. The maximum absolute atomic E-state index is 13.1. The fourth-order valence-electron chi connectivity index (χ4n) is 1.48. The van der Waals surface area contributed by atoms with Crippen LogP contribution in [0.4, 0.5) is 23.2 Å². The summed E-state index contributed by atoms with van der Waals surface area (Å²) in [6, 6.07) is 3.81. The van der Waals surface area contributed by atoms with Gasteiger partial charge in [-0.1, -0.05) is 6.07 Å². The van der Waals surface area contributed by atoms with Gasteiger partial charge in [-0.2, -0.15) is 13.2 Å². The second kappa shape index (κ2) is 6.40. The first-order chi connectivity index (χ1) is 8.81. The van der Waals surface area contributed by atoms with Crippen molar-refractivity contribution in [2.75, 3.05) is 12.3 Å². The highest BCUT2D eigenvalue weighted by molar-refractivity contribution is 5.99. The summed E-state index contributed by atoms with van der Waals surface area (Å²) >= 11 is 0. The van der Waals surface area contributed by atoms with Crippen molar-refractivity contribution in [1.82, 2.24) is 5.32 Å². The van der Waals surface area contributed by atoms with Crippen LogP contribution in [-0.4, -0.2) is 18.6 Å². The van der Waals surface area contributed by atoms with Crippen LogP contribution in [0.3, 0.4) is 0 Å². The van der Waals surface area contributed by atoms with Crippen LogP contribution >= 0.6 is 0 Å². The van der Waals surface area contributed by atoms with Gasteiger partial charge in [0.25, 0.3) is 5.91 Å². The third-order valence-corrected chi connectivity index (χ3v) is 2.47. The summed E-state index contributed by atoms with van der Waals surface area (Å²) in [6.45, 7) is 0.0882. The molecule has 0 spiro atoms. The molecule has 1 amide bonds. The van der Waals surface area contributed by atoms with E-state index in [-0.39, 0.29) is 30.6 Å². The molecule has 1 aromatic rings. The molecule has 0 atom stereocenters. The zero-order valence-electron chi connectivity index (χ0n) is 10.1. The van der Waals surface area contributed by atoms with Crippen LogP contribution in [0.5, 0.6) is 0 Å². The highest BCUT2D eigenvalue weighted by Gasteiger charge is 2.25. The Hall–Kier alpha value is -1.79. The van der Waals surface area contributed by atoms with Crippen LogP contribution in [-0.2, 0) is 0 Å². The number of halogens is 4. The van der Waals surface area contributed by atoms with E-state index in [0.717, 1.165) is 6.07 Å². The van der Waals surface area contributed by atoms with Crippen molar-refractivity contribution in [3.63, 3.8) is 0 Å². The molecular weight excluding hydrogens is 264 g/mol. The number of benzene rings is 1. The summed E-state index contributed by atoms with van der Waals surface area (Å²) in [5.74, 6) is -1.30. The van der Waals surface area contributed by atoms with Gasteiger partial charge in [0.05, 0.1) is 11.3 Å². The first kappa shape index (κ1) is 15.3. The van der Waals surface area contributed by atoms with E-state index in [4.69, 9.17) is 5.73 Å². The van der Waals surface area contributed by atoms with E-state index in [0.29, 0.717) is 0 Å². The maximum Gasteiger partial charge on any atom is 0.389 e. The number of para-hydroxylation sites is 1. The molecule has 106 valence electrons. The van der Waals surface area contributed by atoms with E-state index in [1.807, 2.05) is 0 Å². The Morgan fingerprint density at radius 3 is 2.58 bits per heavy atom. The molecule has 0 aliphatic heterocycles. The van der Waals surface area contributed by atoms with Crippen molar-refractivity contribution < 1.29 is 22.4 Å². The fraction of sp³-hybridized carbons (Fsp3) is 0.417. The number of alkyl halides is 3. The van der Waals surface area contributed by atoms with Crippen LogP contribution in [0, 0.1) is 5.82 Å². The minimum atomic E-state index is -4.18. The van der Waals surface area contributed by atoms with E-state index in [9.17, 15) is 22.4 Å². The summed E-state index contributed by atoms with van der Waals surface area (Å²) in [5, 5.41) is 2.40. The lowest BCUT2D eigenvalue weighted by molar-refractivity contribution is -0.135. The van der Waals surface area contributed by atoms with E-state index < -0.39 is 24.3 Å². The van der Waals surface area contributed by atoms with Gasteiger partial charge in [0.15, 0.2) is 0 Å². The van der Waals surface area contributed by atoms with E-state index in [1.165, 1.54) is 12.1 Å². The van der Waals surface area contributed by atoms with Gasteiger partial charge in [-0.25, -0.2) is 4.39 Å². The van der Waals surface area contributed by atoms with Gasteiger partial charge in [-0.3, -0.25) is 4.79 Å². The number of anilines is 1. The second-order valence-electron chi connectivity index (χ2n) is 4.03. The van der Waals surface area contributed by atoms with Crippen LogP contribution in [0.15, 0.2) is 18.2 Å². The van der Waals surface area contributed by atoms with E-state index >= 15 is 0 Å². The second-order valence-corrected chi connectivity index (χ2v) is 4.03. The molecule has 0 aliphatic rings. The number of carbonyl (C=O) groups is 1. The molecule has 0 radical (unpaired) electrons. The molecule has 0 aliphatic carbocycles. The zero-order valence-corrected chi connectivity index (χ0v) is 10.1. The smallest absolute Gasteiger partial charge is 0.389 e. The van der Waals surface area contributed by atoms with Crippen molar-refractivity contribution in [2.24, 2.45) is 0 Å². The highest BCUT2D eigenvalue weighted by Crippen LogP contribution is 2.22. The number of nitrogen functional groups attached to an aromatic ring is 1. The Labute approximate surface area is 107 Å². The van der Waals surface area contributed by atoms with Crippen LogP contribution < -0.4 is 11.1 Å². The number of amides is 1. The van der Waals surface area contributed by atoms with Crippen LogP contribution in [0.1, 0.15) is 29.6 Å². The molecule has 0 bridgehead atoms. The number of hydrogen-bond donors (Lipinski definition) is 2. The first-order valence-corrected chi connectivity index (χ1v) is 5.70. The predicted octanol–water partition coefficient (Wildman–Crippen LogP) is 2.87. The molecule has 19 heavy (non-hydrogen) atoms. The third kappa shape index (κ3) is 5.15. The van der Waals surface area contributed by atoms with E-state index in [1.54, 1.807) is 0 Å². The molecule has 0 saturated carbocycles. The summed E-state index contributed by atoms with van der Waals surface area (Å²) < 4.78 is 48.7. The van der Waals surface area contributed by atoms with Gasteiger partial charge in [-0.15, -0.1) is 0 Å². The molecule has 0 saturated heterocycles. The van der Waals surface area contributed by atoms with Gasteiger partial charge < -0.3 is 11.1 Å². The SMILES string of the molecule is Nc1c(F)cccc1C(=O)NCCCCC(F)(F)F. The molecule has 0 heterocycles. The number of hydrogen-bond acceptors (Lipinski definition) is 2. The van der Waals surface area contributed by atoms with Gasteiger partial charge in [0.1, 0.15) is 5.82 Å². The number of carbonyl (C=O) groups excluding carboxylic acids is 1. The normalized spacial score (nSPS) is 11.4. The average Bonchev–Trinajstić information content (AvgIpc) is 2.30. The summed E-state index contributed by atoms with van der Waals surface area (Å²) in [6.07, 6.45) is -4.94. The standard InChI is InChI=1S/C12H14F4N2O/c13-9-5-3-4-8(10(9)17)11(19)18-7-2-1-6-12(14,15)16/h3-5H,1-2,6-7,17H2,(H,18,19). The Morgan fingerprint density at radius 2 is 1.95 bits per heavy atom. The topological polar surface area (TPSA) is 55.1 Å². The average molecular weight is 278 g/mol. The maximum atomic E-state index is 13.1.